The molecule has 2 aromatic rings. The zero-order chi connectivity index (χ0) is 12.3. The Hall–Kier alpha value is -0.840. The summed E-state index contributed by atoms with van der Waals surface area (Å²) in [7, 11) is 0. The molecule has 0 radical (unpaired) electrons. The van der Waals surface area contributed by atoms with Crippen LogP contribution in [-0.2, 0) is 6.54 Å². The van der Waals surface area contributed by atoms with Crippen LogP contribution >= 0.6 is 22.9 Å². The standard InChI is InChI=1S/C12H15ClN2OS/c1-3-4-14-5-9-6-16-12(15-9)11-10(13)8(2)7-17-11/h6-7,14H,3-5H2,1-2H3. The van der Waals surface area contributed by atoms with E-state index in [9.17, 15) is 0 Å². The predicted octanol–water partition coefficient (Wildman–Crippen LogP) is 3.86. The quantitative estimate of drug-likeness (QED) is 0.839. The van der Waals surface area contributed by atoms with Crippen molar-refractivity contribution in [3.63, 3.8) is 0 Å². The second-order valence-corrected chi connectivity index (χ2v) is 5.14. The highest BCUT2D eigenvalue weighted by Gasteiger charge is 2.14. The number of nitrogens with one attached hydrogen (secondary N) is 1. The lowest BCUT2D eigenvalue weighted by Crippen LogP contribution is -2.13. The average Bonchev–Trinajstić information content (AvgIpc) is 2.89. The van der Waals surface area contributed by atoms with E-state index in [0.29, 0.717) is 5.89 Å². The lowest BCUT2D eigenvalue weighted by molar-refractivity contribution is 0.571. The zero-order valence-corrected chi connectivity index (χ0v) is 11.5. The average molecular weight is 271 g/mol. The first-order chi connectivity index (χ1) is 8.22. The second-order valence-electron chi connectivity index (χ2n) is 3.88. The van der Waals surface area contributed by atoms with Gasteiger partial charge in [0.05, 0.1) is 10.7 Å². The topological polar surface area (TPSA) is 38.1 Å². The van der Waals surface area contributed by atoms with Crippen molar-refractivity contribution in [2.45, 2.75) is 26.8 Å². The Kier molecular flexibility index (Phi) is 4.20. The van der Waals surface area contributed by atoms with E-state index >= 15 is 0 Å². The minimum atomic E-state index is 0.612. The summed E-state index contributed by atoms with van der Waals surface area (Å²) >= 11 is 7.74. The fraction of sp³-hybridized carbons (Fsp3) is 0.417. The fourth-order valence-corrected chi connectivity index (χ4v) is 2.67. The molecule has 0 saturated heterocycles. The fourth-order valence-electron chi connectivity index (χ4n) is 1.46. The van der Waals surface area contributed by atoms with Gasteiger partial charge < -0.3 is 9.73 Å². The van der Waals surface area contributed by atoms with E-state index in [2.05, 4.69) is 17.2 Å². The molecule has 92 valence electrons. The van der Waals surface area contributed by atoms with Gasteiger partial charge in [0, 0.05) is 6.54 Å². The van der Waals surface area contributed by atoms with Gasteiger partial charge in [-0.05, 0) is 30.8 Å². The first-order valence-electron chi connectivity index (χ1n) is 5.61. The smallest absolute Gasteiger partial charge is 0.238 e. The van der Waals surface area contributed by atoms with Gasteiger partial charge >= 0.3 is 0 Å². The molecule has 0 spiro atoms. The molecular formula is C12H15ClN2OS. The minimum Gasteiger partial charge on any atom is -0.443 e. The Morgan fingerprint density at radius 1 is 1.53 bits per heavy atom. The Balaban J connectivity index is 2.10. The van der Waals surface area contributed by atoms with Crippen LogP contribution in [0.5, 0.6) is 0 Å². The van der Waals surface area contributed by atoms with Gasteiger partial charge in [-0.1, -0.05) is 18.5 Å². The van der Waals surface area contributed by atoms with Crippen LogP contribution in [0.4, 0.5) is 0 Å². The van der Waals surface area contributed by atoms with Gasteiger partial charge in [0.15, 0.2) is 0 Å². The number of aromatic nitrogens is 1. The van der Waals surface area contributed by atoms with Crippen LogP contribution < -0.4 is 5.32 Å². The van der Waals surface area contributed by atoms with E-state index in [4.69, 9.17) is 16.0 Å². The van der Waals surface area contributed by atoms with E-state index in [-0.39, 0.29) is 0 Å². The number of aryl methyl sites for hydroxylation is 1. The van der Waals surface area contributed by atoms with Crippen molar-refractivity contribution >= 4 is 22.9 Å². The zero-order valence-electron chi connectivity index (χ0n) is 9.92. The molecule has 0 aromatic carbocycles. The van der Waals surface area contributed by atoms with Gasteiger partial charge in [0.25, 0.3) is 0 Å². The third-order valence-electron chi connectivity index (χ3n) is 2.38. The molecule has 2 aromatic heterocycles. The highest BCUT2D eigenvalue weighted by Crippen LogP contribution is 2.35. The maximum atomic E-state index is 6.17. The minimum absolute atomic E-state index is 0.612. The molecule has 2 rings (SSSR count). The van der Waals surface area contributed by atoms with E-state index in [1.54, 1.807) is 17.6 Å². The molecule has 0 unspecified atom stereocenters. The van der Waals surface area contributed by atoms with Crippen molar-refractivity contribution in [3.05, 3.63) is 27.9 Å². The second kappa shape index (κ2) is 5.67. The van der Waals surface area contributed by atoms with Crippen LogP contribution in [0.2, 0.25) is 5.02 Å². The van der Waals surface area contributed by atoms with Gasteiger partial charge in [-0.25, -0.2) is 4.98 Å². The molecule has 1 N–H and O–H groups in total. The van der Waals surface area contributed by atoms with Gasteiger partial charge in [-0.15, -0.1) is 11.3 Å². The van der Waals surface area contributed by atoms with E-state index in [0.717, 1.165) is 40.7 Å². The van der Waals surface area contributed by atoms with Crippen LogP contribution in [0.15, 0.2) is 16.1 Å². The summed E-state index contributed by atoms with van der Waals surface area (Å²) in [5.74, 6) is 0.612. The SMILES string of the molecule is CCCNCc1coc(-c2scc(C)c2Cl)n1. The van der Waals surface area contributed by atoms with Crippen molar-refractivity contribution < 1.29 is 4.42 Å². The predicted molar refractivity (Wildman–Crippen MR) is 71.6 cm³/mol. The summed E-state index contributed by atoms with van der Waals surface area (Å²) in [6, 6.07) is 0. The van der Waals surface area contributed by atoms with Gasteiger partial charge in [0.2, 0.25) is 5.89 Å². The third-order valence-corrected chi connectivity index (χ3v) is 4.06. The Morgan fingerprint density at radius 3 is 3.00 bits per heavy atom. The summed E-state index contributed by atoms with van der Waals surface area (Å²) in [4.78, 5) is 5.33. The number of halogens is 1. The summed E-state index contributed by atoms with van der Waals surface area (Å²) in [5.41, 5.74) is 1.98. The Bertz CT molecular complexity index is 492. The first-order valence-corrected chi connectivity index (χ1v) is 6.87. The lowest BCUT2D eigenvalue weighted by atomic mass is 10.3. The Morgan fingerprint density at radius 2 is 2.35 bits per heavy atom. The van der Waals surface area contributed by atoms with Crippen LogP contribution in [0.3, 0.4) is 0 Å². The molecule has 5 heteroatoms. The van der Waals surface area contributed by atoms with Crippen molar-refractivity contribution in [1.29, 1.82) is 0 Å². The summed E-state index contributed by atoms with van der Waals surface area (Å²) < 4.78 is 5.45. The molecule has 0 fully saturated rings. The summed E-state index contributed by atoms with van der Waals surface area (Å²) in [6.45, 7) is 5.84. The normalized spacial score (nSPS) is 11.0. The van der Waals surface area contributed by atoms with Crippen LogP contribution in [0.1, 0.15) is 24.6 Å². The van der Waals surface area contributed by atoms with Crippen molar-refractivity contribution in [2.24, 2.45) is 0 Å². The highest BCUT2D eigenvalue weighted by molar-refractivity contribution is 7.14. The summed E-state index contributed by atoms with van der Waals surface area (Å²) in [5, 5.41) is 6.04. The maximum Gasteiger partial charge on any atom is 0.238 e. The molecule has 0 aliphatic carbocycles. The number of hydrogen-bond acceptors (Lipinski definition) is 4. The van der Waals surface area contributed by atoms with Crippen LogP contribution in [0, 0.1) is 6.92 Å². The Labute approximate surface area is 110 Å². The monoisotopic (exact) mass is 270 g/mol. The van der Waals surface area contributed by atoms with Gasteiger partial charge in [-0.2, -0.15) is 0 Å². The highest BCUT2D eigenvalue weighted by atomic mass is 35.5. The maximum absolute atomic E-state index is 6.17. The van der Waals surface area contributed by atoms with Crippen LogP contribution in [-0.4, -0.2) is 11.5 Å². The molecule has 0 atom stereocenters. The van der Waals surface area contributed by atoms with Gasteiger partial charge in [0.1, 0.15) is 11.1 Å². The molecule has 0 aliphatic rings. The number of hydrogen-bond donors (Lipinski definition) is 1. The van der Waals surface area contributed by atoms with Gasteiger partial charge in [-0.3, -0.25) is 0 Å². The largest absolute Gasteiger partial charge is 0.443 e. The molecule has 0 bridgehead atoms. The molecule has 0 amide bonds. The number of rotatable bonds is 5. The van der Waals surface area contributed by atoms with Crippen molar-refractivity contribution in [2.75, 3.05) is 6.54 Å². The third kappa shape index (κ3) is 2.89. The number of thiophene rings is 1. The molecule has 17 heavy (non-hydrogen) atoms. The molecule has 2 heterocycles. The molecule has 0 saturated carbocycles. The number of oxazole rings is 1. The van der Waals surface area contributed by atoms with E-state index in [1.807, 2.05) is 12.3 Å². The lowest BCUT2D eigenvalue weighted by Gasteiger charge is -1.97. The molecular weight excluding hydrogens is 256 g/mol. The van der Waals surface area contributed by atoms with Crippen molar-refractivity contribution in [3.8, 4) is 10.8 Å². The first kappa shape index (κ1) is 12.6. The number of nitrogens with zero attached hydrogens (tertiary/aromatic N) is 1. The van der Waals surface area contributed by atoms with Crippen molar-refractivity contribution in [1.82, 2.24) is 10.3 Å². The summed E-state index contributed by atoms with van der Waals surface area (Å²) in [6.07, 6.45) is 2.80. The van der Waals surface area contributed by atoms with Crippen LogP contribution in [0.25, 0.3) is 10.8 Å². The molecule has 3 nitrogen and oxygen atoms in total. The van der Waals surface area contributed by atoms with E-state index in [1.165, 1.54) is 0 Å². The molecule has 0 aliphatic heterocycles. The van der Waals surface area contributed by atoms with E-state index < -0.39 is 0 Å².